The summed E-state index contributed by atoms with van der Waals surface area (Å²) in [6.07, 6.45) is 0.832. The van der Waals surface area contributed by atoms with E-state index in [4.69, 9.17) is 9.47 Å². The van der Waals surface area contributed by atoms with Gasteiger partial charge in [0.1, 0.15) is 11.5 Å². The molecule has 6 rings (SSSR count). The first kappa shape index (κ1) is 30.3. The van der Waals surface area contributed by atoms with Crippen molar-refractivity contribution in [1.29, 1.82) is 0 Å². The number of carbonyl (C=O) groups is 2. The summed E-state index contributed by atoms with van der Waals surface area (Å²) >= 11 is 2.65. The molecular weight excluding hydrogens is 614 g/mol. The number of hydrogen-bond acceptors (Lipinski definition) is 9. The van der Waals surface area contributed by atoms with Gasteiger partial charge in [0.05, 0.1) is 25.3 Å². The predicted molar refractivity (Wildman–Crippen MR) is 173 cm³/mol. The number of ether oxygens (including phenoxy) is 2. The molecule has 8 nitrogen and oxygen atoms in total. The number of aliphatic hydroxyl groups excluding tert-OH is 1. The monoisotopic (exact) mass is 641 g/mol. The number of Topliss-reactive ketones (excluding diaryl/α,β-unsaturated/α-hetero) is 1. The van der Waals surface area contributed by atoms with Crippen molar-refractivity contribution in [3.8, 4) is 11.5 Å². The van der Waals surface area contributed by atoms with Crippen LogP contribution < -0.4 is 14.4 Å². The first-order valence-corrected chi connectivity index (χ1v) is 16.0. The van der Waals surface area contributed by atoms with Gasteiger partial charge in [-0.1, -0.05) is 84.6 Å². The Morgan fingerprint density at radius 1 is 1.02 bits per heavy atom. The molecule has 45 heavy (non-hydrogen) atoms. The number of aliphatic hydroxyl groups is 1. The predicted octanol–water partition coefficient (Wildman–Crippen LogP) is 7.55. The molecule has 1 N–H and O–H groups in total. The van der Waals surface area contributed by atoms with Crippen LogP contribution in [0.5, 0.6) is 11.5 Å². The van der Waals surface area contributed by atoms with Crippen molar-refractivity contribution in [2.45, 2.75) is 29.5 Å². The maximum Gasteiger partial charge on any atom is 0.301 e. The van der Waals surface area contributed by atoms with Crippen molar-refractivity contribution in [2.75, 3.05) is 18.6 Å². The largest absolute Gasteiger partial charge is 0.507 e. The van der Waals surface area contributed by atoms with E-state index >= 15 is 0 Å². The Labute approximate surface area is 267 Å². The Bertz CT molecular complexity index is 1920. The SMILES string of the molecule is CCCOc1ccc(C2/C(=C(\O)c3ccc(OC)c(F)c3)C(=O)C(=O)N2c2nnc(SCc3cccc4ccccc34)s2)cc1. The fourth-order valence-corrected chi connectivity index (χ4v) is 7.07. The molecule has 2 heterocycles. The number of hydrogen-bond donors (Lipinski definition) is 1. The van der Waals surface area contributed by atoms with Gasteiger partial charge < -0.3 is 14.6 Å². The fraction of sp³-hybridized carbons (Fsp3) is 0.176. The van der Waals surface area contributed by atoms with Gasteiger partial charge in [-0.15, -0.1) is 10.2 Å². The van der Waals surface area contributed by atoms with Gasteiger partial charge in [-0.3, -0.25) is 14.5 Å². The highest BCUT2D eigenvalue weighted by Crippen LogP contribution is 2.44. The van der Waals surface area contributed by atoms with Crippen molar-refractivity contribution in [3.05, 3.63) is 113 Å². The Morgan fingerprint density at radius 2 is 1.80 bits per heavy atom. The van der Waals surface area contributed by atoms with Crippen molar-refractivity contribution in [3.63, 3.8) is 0 Å². The highest BCUT2D eigenvalue weighted by Gasteiger charge is 2.48. The number of aromatic nitrogens is 2. The van der Waals surface area contributed by atoms with Gasteiger partial charge in [-0.2, -0.15) is 0 Å². The van der Waals surface area contributed by atoms with E-state index in [1.54, 1.807) is 24.3 Å². The van der Waals surface area contributed by atoms with Crippen molar-refractivity contribution >= 4 is 56.5 Å². The summed E-state index contributed by atoms with van der Waals surface area (Å²) in [6, 6.07) is 24.0. The minimum absolute atomic E-state index is 0.0198. The second kappa shape index (κ2) is 13.1. The number of amides is 1. The molecule has 4 aromatic carbocycles. The van der Waals surface area contributed by atoms with Gasteiger partial charge in [-0.05, 0) is 58.7 Å². The second-order valence-corrected chi connectivity index (χ2v) is 12.4. The molecule has 0 aliphatic carbocycles. The van der Waals surface area contributed by atoms with Crippen LogP contribution in [0.4, 0.5) is 9.52 Å². The molecule has 1 aliphatic heterocycles. The topological polar surface area (TPSA) is 102 Å². The lowest BCUT2D eigenvalue weighted by molar-refractivity contribution is -0.132. The van der Waals surface area contributed by atoms with Crippen molar-refractivity contribution in [1.82, 2.24) is 10.2 Å². The maximum absolute atomic E-state index is 14.6. The summed E-state index contributed by atoms with van der Waals surface area (Å²) in [5.41, 5.74) is 1.51. The van der Waals surface area contributed by atoms with E-state index in [1.165, 1.54) is 47.2 Å². The van der Waals surface area contributed by atoms with Gasteiger partial charge in [0.2, 0.25) is 5.13 Å². The van der Waals surface area contributed by atoms with Gasteiger partial charge in [0, 0.05) is 11.3 Å². The molecule has 0 bridgehead atoms. The van der Waals surface area contributed by atoms with Gasteiger partial charge >= 0.3 is 5.91 Å². The van der Waals surface area contributed by atoms with E-state index in [-0.39, 0.29) is 22.0 Å². The third-order valence-electron chi connectivity index (χ3n) is 7.37. The molecule has 1 aromatic heterocycles. The third kappa shape index (κ3) is 6.01. The van der Waals surface area contributed by atoms with Crippen LogP contribution in [0.25, 0.3) is 16.5 Å². The minimum atomic E-state index is -1.04. The lowest BCUT2D eigenvalue weighted by atomic mass is 9.95. The fourth-order valence-electron chi connectivity index (χ4n) is 5.20. The molecule has 11 heteroatoms. The van der Waals surface area contributed by atoms with Crippen LogP contribution in [0.1, 0.15) is 36.1 Å². The number of benzene rings is 4. The lowest BCUT2D eigenvalue weighted by Gasteiger charge is -2.22. The summed E-state index contributed by atoms with van der Waals surface area (Å²) in [7, 11) is 1.33. The van der Waals surface area contributed by atoms with E-state index < -0.39 is 29.3 Å². The molecule has 1 fully saturated rings. The lowest BCUT2D eigenvalue weighted by Crippen LogP contribution is -2.29. The number of thioether (sulfide) groups is 1. The molecule has 1 amide bonds. The minimum Gasteiger partial charge on any atom is -0.507 e. The zero-order valence-electron chi connectivity index (χ0n) is 24.4. The first-order valence-electron chi connectivity index (χ1n) is 14.2. The second-order valence-electron chi connectivity index (χ2n) is 10.2. The van der Waals surface area contributed by atoms with E-state index in [1.807, 2.05) is 25.1 Å². The van der Waals surface area contributed by atoms with Gasteiger partial charge in [0.25, 0.3) is 5.78 Å². The quantitative estimate of drug-likeness (QED) is 0.0549. The summed E-state index contributed by atoms with van der Waals surface area (Å²) in [5.74, 6) is -1.79. The first-order chi connectivity index (χ1) is 21.9. The molecular formula is C34H28FN3O5S2. The number of fused-ring (bicyclic) bond motifs is 1. The van der Waals surface area contributed by atoms with Gasteiger partial charge in [0.15, 0.2) is 15.9 Å². The standard InChI is InChI=1S/C34H28FN3O5S2/c1-3-17-43-24-14-11-21(12-15-24)29-28(30(39)22-13-16-27(42-2)26(35)18-22)31(40)32(41)38(29)33-36-37-34(45-33)44-19-23-9-6-8-20-7-4-5-10-25(20)23/h4-16,18,29,39H,3,17,19H2,1-2H3/b30-28+. The van der Waals surface area contributed by atoms with Crippen LogP contribution >= 0.6 is 23.1 Å². The van der Waals surface area contributed by atoms with Crippen molar-refractivity contribution < 1.29 is 28.6 Å². The third-order valence-corrected chi connectivity index (χ3v) is 9.48. The zero-order chi connectivity index (χ0) is 31.5. The van der Waals surface area contributed by atoms with Crippen LogP contribution in [0.3, 0.4) is 0 Å². The molecule has 1 saturated heterocycles. The van der Waals surface area contributed by atoms with E-state index in [9.17, 15) is 19.1 Å². The van der Waals surface area contributed by atoms with E-state index in [0.717, 1.165) is 28.8 Å². The molecule has 228 valence electrons. The smallest absolute Gasteiger partial charge is 0.301 e. The molecule has 0 spiro atoms. The highest BCUT2D eigenvalue weighted by molar-refractivity contribution is 8.00. The van der Waals surface area contributed by atoms with Crippen LogP contribution in [0, 0.1) is 5.82 Å². The van der Waals surface area contributed by atoms with Crippen LogP contribution in [0.15, 0.2) is 94.8 Å². The number of ketones is 1. The Hall–Kier alpha value is -4.74. The van der Waals surface area contributed by atoms with Crippen LogP contribution in [-0.2, 0) is 15.3 Å². The Balaban J connectivity index is 1.37. The molecule has 1 atom stereocenters. The number of methoxy groups -OCH3 is 1. The summed E-state index contributed by atoms with van der Waals surface area (Å²) in [5, 5.41) is 22.5. The summed E-state index contributed by atoms with van der Waals surface area (Å²) in [4.78, 5) is 28.4. The molecule has 5 aromatic rings. The van der Waals surface area contributed by atoms with Crippen LogP contribution in [-0.4, -0.2) is 40.7 Å². The molecule has 0 saturated carbocycles. The van der Waals surface area contributed by atoms with Crippen LogP contribution in [0.2, 0.25) is 0 Å². The number of halogens is 1. The molecule has 1 aliphatic rings. The van der Waals surface area contributed by atoms with E-state index in [2.05, 4.69) is 34.5 Å². The number of carbonyl (C=O) groups excluding carboxylic acids is 2. The number of anilines is 1. The van der Waals surface area contributed by atoms with E-state index in [0.29, 0.717) is 28.0 Å². The highest BCUT2D eigenvalue weighted by atomic mass is 32.2. The number of rotatable bonds is 10. The Kier molecular flexibility index (Phi) is 8.81. The number of nitrogens with zero attached hydrogens (tertiary/aromatic N) is 3. The molecule has 1 unspecified atom stereocenters. The summed E-state index contributed by atoms with van der Waals surface area (Å²) < 4.78 is 25.9. The maximum atomic E-state index is 14.6. The zero-order valence-corrected chi connectivity index (χ0v) is 26.0. The summed E-state index contributed by atoms with van der Waals surface area (Å²) in [6.45, 7) is 2.53. The van der Waals surface area contributed by atoms with Gasteiger partial charge in [-0.25, -0.2) is 4.39 Å². The Morgan fingerprint density at radius 3 is 2.56 bits per heavy atom. The average molecular weight is 642 g/mol. The normalized spacial score (nSPS) is 16.0. The molecule has 0 radical (unpaired) electrons. The van der Waals surface area contributed by atoms with Crippen molar-refractivity contribution in [2.24, 2.45) is 0 Å². The average Bonchev–Trinajstić information content (AvgIpc) is 3.64.